The molecule has 2 saturated carbocycles. The molecule has 0 bridgehead atoms. The Balaban J connectivity index is 1.91. The molecule has 0 spiro atoms. The second-order valence-corrected chi connectivity index (χ2v) is 6.22. The SMILES string of the molecule is CSC1CCC(NC(=O)C2(C(=O)O)CCC2)C1. The maximum atomic E-state index is 12.0. The second kappa shape index (κ2) is 4.88. The molecule has 0 aromatic carbocycles. The van der Waals surface area contributed by atoms with Crippen LogP contribution in [0.25, 0.3) is 0 Å². The monoisotopic (exact) mass is 257 g/mol. The van der Waals surface area contributed by atoms with Crippen LogP contribution in [0.2, 0.25) is 0 Å². The number of thioether (sulfide) groups is 1. The highest BCUT2D eigenvalue weighted by Crippen LogP contribution is 2.42. The zero-order valence-electron chi connectivity index (χ0n) is 10.1. The van der Waals surface area contributed by atoms with Crippen molar-refractivity contribution >= 4 is 23.6 Å². The van der Waals surface area contributed by atoms with Gasteiger partial charge in [0.25, 0.3) is 0 Å². The van der Waals surface area contributed by atoms with E-state index in [1.54, 1.807) is 0 Å². The fourth-order valence-electron chi connectivity index (χ4n) is 2.68. The topological polar surface area (TPSA) is 66.4 Å². The summed E-state index contributed by atoms with van der Waals surface area (Å²) >= 11 is 1.83. The zero-order valence-corrected chi connectivity index (χ0v) is 10.9. The van der Waals surface area contributed by atoms with Gasteiger partial charge in [-0.2, -0.15) is 11.8 Å². The van der Waals surface area contributed by atoms with E-state index in [4.69, 9.17) is 5.11 Å². The van der Waals surface area contributed by atoms with E-state index < -0.39 is 11.4 Å². The predicted molar refractivity (Wildman–Crippen MR) is 67.0 cm³/mol. The van der Waals surface area contributed by atoms with Crippen molar-refractivity contribution in [1.29, 1.82) is 0 Å². The van der Waals surface area contributed by atoms with Gasteiger partial charge in [-0.15, -0.1) is 0 Å². The molecule has 0 saturated heterocycles. The van der Waals surface area contributed by atoms with Crippen LogP contribution in [0, 0.1) is 5.41 Å². The van der Waals surface area contributed by atoms with Crippen molar-refractivity contribution in [2.24, 2.45) is 5.41 Å². The number of carboxylic acid groups (broad SMARTS) is 1. The summed E-state index contributed by atoms with van der Waals surface area (Å²) in [6.45, 7) is 0. The lowest BCUT2D eigenvalue weighted by Gasteiger charge is -2.36. The quantitative estimate of drug-likeness (QED) is 0.751. The molecule has 1 amide bonds. The van der Waals surface area contributed by atoms with Gasteiger partial charge in [0.05, 0.1) is 0 Å². The van der Waals surface area contributed by atoms with Gasteiger partial charge in [-0.25, -0.2) is 0 Å². The van der Waals surface area contributed by atoms with Crippen LogP contribution in [0.3, 0.4) is 0 Å². The maximum Gasteiger partial charge on any atom is 0.319 e. The van der Waals surface area contributed by atoms with Crippen molar-refractivity contribution in [2.75, 3.05) is 6.26 Å². The molecule has 2 unspecified atom stereocenters. The van der Waals surface area contributed by atoms with Crippen LogP contribution in [-0.4, -0.2) is 34.5 Å². The van der Waals surface area contributed by atoms with Crippen LogP contribution >= 0.6 is 11.8 Å². The summed E-state index contributed by atoms with van der Waals surface area (Å²) in [6.07, 6.45) is 6.98. The molecule has 5 heteroatoms. The standard InChI is InChI=1S/C12H19NO3S/c1-17-9-4-3-8(7-9)13-10(14)12(11(15)16)5-2-6-12/h8-9H,2-7H2,1H3,(H,13,14)(H,15,16). The van der Waals surface area contributed by atoms with Crippen LogP contribution in [0.1, 0.15) is 38.5 Å². The number of amides is 1. The Morgan fingerprint density at radius 2 is 2.06 bits per heavy atom. The summed E-state index contributed by atoms with van der Waals surface area (Å²) in [4.78, 5) is 23.2. The van der Waals surface area contributed by atoms with Gasteiger partial charge in [0.1, 0.15) is 5.41 Å². The van der Waals surface area contributed by atoms with Crippen LogP contribution in [0.5, 0.6) is 0 Å². The molecule has 0 aromatic heterocycles. The Bertz CT molecular complexity index is 328. The van der Waals surface area contributed by atoms with Crippen molar-refractivity contribution in [3.63, 3.8) is 0 Å². The summed E-state index contributed by atoms with van der Waals surface area (Å²) in [5.41, 5.74) is -1.11. The van der Waals surface area contributed by atoms with E-state index in [0.717, 1.165) is 25.7 Å². The highest BCUT2D eigenvalue weighted by molar-refractivity contribution is 7.99. The average Bonchev–Trinajstić information content (AvgIpc) is 2.62. The van der Waals surface area contributed by atoms with Gasteiger partial charge < -0.3 is 10.4 Å². The van der Waals surface area contributed by atoms with Gasteiger partial charge in [0.15, 0.2) is 0 Å². The molecule has 2 rings (SSSR count). The molecular weight excluding hydrogens is 238 g/mol. The number of carbonyl (C=O) groups is 2. The average molecular weight is 257 g/mol. The number of hydrogen-bond donors (Lipinski definition) is 2. The van der Waals surface area contributed by atoms with Crippen molar-refractivity contribution in [3.8, 4) is 0 Å². The fraction of sp³-hybridized carbons (Fsp3) is 0.833. The number of hydrogen-bond acceptors (Lipinski definition) is 3. The van der Waals surface area contributed by atoms with Gasteiger partial charge in [-0.05, 0) is 38.4 Å². The number of carboxylic acids is 1. The first kappa shape index (κ1) is 12.7. The first-order valence-electron chi connectivity index (χ1n) is 6.15. The smallest absolute Gasteiger partial charge is 0.319 e. The van der Waals surface area contributed by atoms with Crippen molar-refractivity contribution in [2.45, 2.75) is 49.8 Å². The highest BCUT2D eigenvalue weighted by atomic mass is 32.2. The largest absolute Gasteiger partial charge is 0.480 e. The van der Waals surface area contributed by atoms with Gasteiger partial charge in [-0.3, -0.25) is 9.59 Å². The van der Waals surface area contributed by atoms with Crippen molar-refractivity contribution in [1.82, 2.24) is 5.32 Å². The van der Waals surface area contributed by atoms with Gasteiger partial charge in [0.2, 0.25) is 5.91 Å². The molecule has 17 heavy (non-hydrogen) atoms. The summed E-state index contributed by atoms with van der Waals surface area (Å²) in [5.74, 6) is -1.22. The summed E-state index contributed by atoms with van der Waals surface area (Å²) in [7, 11) is 0. The van der Waals surface area contributed by atoms with Gasteiger partial charge in [-0.1, -0.05) is 6.42 Å². The van der Waals surface area contributed by atoms with Crippen molar-refractivity contribution < 1.29 is 14.7 Å². The normalized spacial score (nSPS) is 30.6. The highest BCUT2D eigenvalue weighted by Gasteiger charge is 2.51. The molecule has 0 heterocycles. The van der Waals surface area contributed by atoms with E-state index in [2.05, 4.69) is 11.6 Å². The van der Waals surface area contributed by atoms with Gasteiger partial charge in [0, 0.05) is 11.3 Å². The number of carbonyl (C=O) groups excluding carboxylic acids is 1. The molecule has 2 fully saturated rings. The molecule has 4 nitrogen and oxygen atoms in total. The van der Waals surface area contributed by atoms with Crippen LogP contribution in [-0.2, 0) is 9.59 Å². The molecule has 96 valence electrons. The Morgan fingerprint density at radius 1 is 1.35 bits per heavy atom. The molecule has 2 N–H and O–H groups in total. The molecule has 2 aliphatic rings. The minimum atomic E-state index is -1.11. The van der Waals surface area contributed by atoms with E-state index in [1.165, 1.54) is 0 Å². The Morgan fingerprint density at radius 3 is 2.47 bits per heavy atom. The third-order valence-corrected chi connectivity index (χ3v) is 5.20. The summed E-state index contributed by atoms with van der Waals surface area (Å²) in [6, 6.07) is 0.178. The van der Waals surface area contributed by atoms with Gasteiger partial charge >= 0.3 is 5.97 Å². The third-order valence-electron chi connectivity index (χ3n) is 4.10. The Kier molecular flexibility index (Phi) is 3.66. The lowest BCUT2D eigenvalue weighted by atomic mass is 9.68. The molecule has 0 aliphatic heterocycles. The van der Waals surface area contributed by atoms with Crippen molar-refractivity contribution in [3.05, 3.63) is 0 Å². The predicted octanol–water partition coefficient (Wildman–Crippen LogP) is 1.64. The maximum absolute atomic E-state index is 12.0. The van der Waals surface area contributed by atoms with E-state index in [9.17, 15) is 9.59 Å². The lowest BCUT2D eigenvalue weighted by molar-refractivity contribution is -0.162. The third kappa shape index (κ3) is 2.30. The van der Waals surface area contributed by atoms with Crippen LogP contribution in [0.4, 0.5) is 0 Å². The summed E-state index contributed by atoms with van der Waals surface area (Å²) in [5, 5.41) is 12.7. The minimum absolute atomic E-state index is 0.178. The van der Waals surface area contributed by atoms with Crippen LogP contribution in [0.15, 0.2) is 0 Å². The fourth-order valence-corrected chi connectivity index (χ4v) is 3.47. The number of aliphatic carboxylic acids is 1. The second-order valence-electron chi connectivity index (χ2n) is 5.08. The molecule has 2 aliphatic carbocycles. The first-order valence-corrected chi connectivity index (χ1v) is 7.44. The summed E-state index contributed by atoms with van der Waals surface area (Å²) < 4.78 is 0. The van der Waals surface area contributed by atoms with E-state index in [-0.39, 0.29) is 11.9 Å². The Hall–Kier alpha value is -0.710. The molecule has 2 atom stereocenters. The zero-order chi connectivity index (χ0) is 12.5. The van der Waals surface area contributed by atoms with E-state index >= 15 is 0 Å². The molecule has 0 aromatic rings. The van der Waals surface area contributed by atoms with E-state index in [0.29, 0.717) is 18.1 Å². The first-order chi connectivity index (χ1) is 8.08. The Labute approximate surface area is 106 Å². The molecular formula is C12H19NO3S. The van der Waals surface area contributed by atoms with Crippen LogP contribution < -0.4 is 5.32 Å². The number of nitrogens with one attached hydrogen (secondary N) is 1. The molecule has 0 radical (unpaired) electrons. The van der Waals surface area contributed by atoms with E-state index in [1.807, 2.05) is 11.8 Å². The lowest BCUT2D eigenvalue weighted by Crippen LogP contribution is -2.53. The minimum Gasteiger partial charge on any atom is -0.480 e. The number of rotatable bonds is 4.